The Morgan fingerprint density at radius 3 is 2.77 bits per heavy atom. The van der Waals surface area contributed by atoms with Crippen LogP contribution in [-0.2, 0) is 9.47 Å². The number of rotatable bonds is 5. The number of nitrogens with zero attached hydrogens (tertiary/aromatic N) is 1. The van der Waals surface area contributed by atoms with Gasteiger partial charge in [0.1, 0.15) is 0 Å². The van der Waals surface area contributed by atoms with E-state index in [2.05, 4.69) is 11.5 Å². The molecule has 13 heavy (non-hydrogen) atoms. The van der Waals surface area contributed by atoms with Crippen LogP contribution in [0.1, 0.15) is 13.3 Å². The van der Waals surface area contributed by atoms with Crippen LogP contribution in [0.4, 0.5) is 0 Å². The van der Waals surface area contributed by atoms with Crippen LogP contribution < -0.4 is 0 Å². The van der Waals surface area contributed by atoms with Gasteiger partial charge in [-0.05, 0) is 13.3 Å². The first kappa shape index (κ1) is 10.5. The van der Waals surface area contributed by atoms with Crippen LogP contribution in [0, 0.1) is 0 Å². The molecule has 1 saturated heterocycles. The minimum absolute atomic E-state index is 0.784. The first-order chi connectivity index (χ1) is 6.29. The molecule has 0 aromatic carbocycles. The van der Waals surface area contributed by atoms with Crippen molar-refractivity contribution in [3.63, 3.8) is 0 Å². The highest BCUT2D eigenvalue weighted by atomic mass is 16.5. The molecule has 0 amide bonds. The van der Waals surface area contributed by atoms with E-state index in [-0.39, 0.29) is 0 Å². The van der Waals surface area contributed by atoms with Gasteiger partial charge in [0.25, 0.3) is 0 Å². The molecule has 0 aliphatic carbocycles. The summed E-state index contributed by atoms with van der Waals surface area (Å²) in [6.07, 6.45) is 1.08. The summed E-state index contributed by atoms with van der Waals surface area (Å²) in [4.78, 5) is 2.41. The van der Waals surface area contributed by atoms with Crippen molar-refractivity contribution >= 4 is 0 Å². The monoisotopic (exact) mass is 185 g/mol. The molecule has 3 heteroatoms. The molecule has 76 valence electrons. The van der Waals surface area contributed by atoms with Gasteiger partial charge in [0.2, 0.25) is 0 Å². The van der Waals surface area contributed by atoms with Crippen LogP contribution in [0.2, 0.25) is 0 Å². The lowest BCUT2D eigenvalue weighted by atomic mass is 10.3. The molecule has 1 fully saturated rings. The molecule has 3 nitrogen and oxygen atoms in total. The van der Waals surface area contributed by atoms with E-state index in [1.54, 1.807) is 0 Å². The smallest absolute Gasteiger partial charge is 0.0889 e. The van der Waals surface area contributed by atoms with Crippen molar-refractivity contribution in [2.75, 3.05) is 39.5 Å². The van der Waals surface area contributed by atoms with Gasteiger partial charge < -0.3 is 9.47 Å². The Morgan fingerprint density at radius 2 is 2.15 bits per heavy atom. The lowest BCUT2D eigenvalue weighted by molar-refractivity contribution is 0.0344. The van der Waals surface area contributed by atoms with E-state index in [0.717, 1.165) is 51.6 Å². The Labute approximate surface area is 80.3 Å². The summed E-state index contributed by atoms with van der Waals surface area (Å²) in [6.45, 7) is 11.3. The van der Waals surface area contributed by atoms with Crippen molar-refractivity contribution < 1.29 is 9.47 Å². The highest BCUT2D eigenvalue weighted by molar-refractivity contribution is 4.73. The summed E-state index contributed by atoms with van der Waals surface area (Å²) in [6, 6.07) is 0. The largest absolute Gasteiger partial charge is 0.499 e. The summed E-state index contributed by atoms with van der Waals surface area (Å²) >= 11 is 0. The van der Waals surface area contributed by atoms with Crippen molar-refractivity contribution in [2.45, 2.75) is 13.3 Å². The lowest BCUT2D eigenvalue weighted by Crippen LogP contribution is -2.37. The van der Waals surface area contributed by atoms with Gasteiger partial charge in [-0.3, -0.25) is 4.90 Å². The summed E-state index contributed by atoms with van der Waals surface area (Å²) in [5.74, 6) is 0.807. The average Bonchev–Trinajstić information content (AvgIpc) is 2.14. The average molecular weight is 185 g/mol. The summed E-state index contributed by atoms with van der Waals surface area (Å²) in [7, 11) is 0. The Morgan fingerprint density at radius 1 is 1.46 bits per heavy atom. The van der Waals surface area contributed by atoms with E-state index >= 15 is 0 Å². The highest BCUT2D eigenvalue weighted by Gasteiger charge is 2.08. The molecule has 0 saturated carbocycles. The predicted molar refractivity (Wildman–Crippen MR) is 52.6 cm³/mol. The molecule has 1 aliphatic rings. The van der Waals surface area contributed by atoms with Crippen LogP contribution in [0.15, 0.2) is 12.3 Å². The zero-order chi connectivity index (χ0) is 9.52. The van der Waals surface area contributed by atoms with Gasteiger partial charge in [-0.1, -0.05) is 6.58 Å². The number of ether oxygens (including phenoxy) is 2. The molecule has 0 spiro atoms. The third kappa shape index (κ3) is 4.90. The molecule has 0 aromatic rings. The fourth-order valence-corrected chi connectivity index (χ4v) is 1.36. The van der Waals surface area contributed by atoms with E-state index < -0.39 is 0 Å². The molecule has 0 N–H and O–H groups in total. The van der Waals surface area contributed by atoms with Crippen LogP contribution in [0.25, 0.3) is 0 Å². The second-order valence-electron chi connectivity index (χ2n) is 3.36. The van der Waals surface area contributed by atoms with Gasteiger partial charge in [0.15, 0.2) is 0 Å². The predicted octanol–water partition coefficient (Wildman–Crippen LogP) is 1.26. The first-order valence-electron chi connectivity index (χ1n) is 4.87. The molecule has 0 atom stereocenters. The van der Waals surface area contributed by atoms with Crippen molar-refractivity contribution in [2.24, 2.45) is 0 Å². The molecule has 0 unspecified atom stereocenters. The summed E-state index contributed by atoms with van der Waals surface area (Å²) in [5.41, 5.74) is 0. The third-order valence-corrected chi connectivity index (χ3v) is 2.07. The number of hydrogen-bond acceptors (Lipinski definition) is 3. The minimum Gasteiger partial charge on any atom is -0.499 e. The van der Waals surface area contributed by atoms with E-state index in [4.69, 9.17) is 9.47 Å². The Bertz CT molecular complexity index is 153. The fourth-order valence-electron chi connectivity index (χ4n) is 1.36. The first-order valence-corrected chi connectivity index (χ1v) is 4.87. The molecular weight excluding hydrogens is 166 g/mol. The minimum atomic E-state index is 0.784. The number of allylic oxidation sites excluding steroid dienone is 1. The topological polar surface area (TPSA) is 21.7 Å². The Hall–Kier alpha value is -0.540. The van der Waals surface area contributed by atoms with Crippen LogP contribution in [0.5, 0.6) is 0 Å². The number of morpholine rings is 1. The molecule has 1 heterocycles. The second-order valence-corrected chi connectivity index (χ2v) is 3.36. The molecule has 1 rings (SSSR count). The molecular formula is C10H19NO2. The molecule has 1 aliphatic heterocycles. The fraction of sp³-hybridized carbons (Fsp3) is 0.800. The Balaban J connectivity index is 1.95. The normalized spacial score (nSPS) is 18.5. The van der Waals surface area contributed by atoms with Crippen LogP contribution >= 0.6 is 0 Å². The van der Waals surface area contributed by atoms with Crippen LogP contribution in [0.3, 0.4) is 0 Å². The van der Waals surface area contributed by atoms with E-state index in [9.17, 15) is 0 Å². The second kappa shape index (κ2) is 6.00. The molecule has 0 aromatic heterocycles. The van der Waals surface area contributed by atoms with Gasteiger partial charge in [-0.2, -0.15) is 0 Å². The van der Waals surface area contributed by atoms with Gasteiger partial charge in [0, 0.05) is 19.6 Å². The van der Waals surface area contributed by atoms with Gasteiger partial charge in [0.05, 0.1) is 25.6 Å². The summed E-state index contributed by atoms with van der Waals surface area (Å²) in [5, 5.41) is 0. The quantitative estimate of drug-likeness (QED) is 0.475. The zero-order valence-corrected chi connectivity index (χ0v) is 8.42. The van der Waals surface area contributed by atoms with E-state index in [1.165, 1.54) is 0 Å². The van der Waals surface area contributed by atoms with Crippen molar-refractivity contribution in [3.05, 3.63) is 12.3 Å². The van der Waals surface area contributed by atoms with Crippen molar-refractivity contribution in [1.29, 1.82) is 0 Å². The van der Waals surface area contributed by atoms with E-state index in [0.29, 0.717) is 0 Å². The van der Waals surface area contributed by atoms with Crippen LogP contribution in [-0.4, -0.2) is 44.4 Å². The Kier molecular flexibility index (Phi) is 4.86. The standard InChI is InChI=1S/C10H19NO2/c1-10(2)13-7-3-4-11-5-8-12-9-6-11/h1,3-9H2,2H3. The summed E-state index contributed by atoms with van der Waals surface area (Å²) < 4.78 is 10.5. The maximum Gasteiger partial charge on any atom is 0.0889 e. The van der Waals surface area contributed by atoms with Crippen molar-refractivity contribution in [1.82, 2.24) is 4.90 Å². The molecule has 0 bridgehead atoms. The molecule has 0 radical (unpaired) electrons. The highest BCUT2D eigenvalue weighted by Crippen LogP contribution is 1.99. The maximum atomic E-state index is 5.28. The SMILES string of the molecule is C=C(C)OCCCN1CCOCC1. The van der Waals surface area contributed by atoms with Gasteiger partial charge in [-0.15, -0.1) is 0 Å². The van der Waals surface area contributed by atoms with Gasteiger partial charge >= 0.3 is 0 Å². The zero-order valence-electron chi connectivity index (χ0n) is 8.42. The third-order valence-electron chi connectivity index (χ3n) is 2.07. The van der Waals surface area contributed by atoms with Crippen molar-refractivity contribution in [3.8, 4) is 0 Å². The van der Waals surface area contributed by atoms with Gasteiger partial charge in [-0.25, -0.2) is 0 Å². The number of hydrogen-bond donors (Lipinski definition) is 0. The maximum absolute atomic E-state index is 5.28. The van der Waals surface area contributed by atoms with E-state index in [1.807, 2.05) is 6.92 Å². The lowest BCUT2D eigenvalue weighted by Gasteiger charge is -2.26.